The highest BCUT2D eigenvalue weighted by Gasteiger charge is 2.14. The molecule has 0 saturated heterocycles. The third-order valence-electron chi connectivity index (χ3n) is 3.23. The van der Waals surface area contributed by atoms with E-state index in [1.165, 1.54) is 0 Å². The molecule has 0 amide bonds. The van der Waals surface area contributed by atoms with Crippen LogP contribution in [0.3, 0.4) is 0 Å². The van der Waals surface area contributed by atoms with Gasteiger partial charge in [-0.1, -0.05) is 17.3 Å². The highest BCUT2D eigenvalue weighted by Crippen LogP contribution is 2.26. The molecule has 3 rings (SSSR count). The molecule has 0 bridgehead atoms. The van der Waals surface area contributed by atoms with Crippen LogP contribution in [0.5, 0.6) is 0 Å². The van der Waals surface area contributed by atoms with Gasteiger partial charge in [-0.05, 0) is 38.0 Å². The van der Waals surface area contributed by atoms with Crippen molar-refractivity contribution in [2.24, 2.45) is 0 Å². The lowest BCUT2D eigenvalue weighted by Crippen LogP contribution is -2.23. The van der Waals surface area contributed by atoms with E-state index in [9.17, 15) is 0 Å². The number of hydrogen-bond acceptors (Lipinski definition) is 5. The molecule has 0 spiro atoms. The Morgan fingerprint density at radius 1 is 1.35 bits per heavy atom. The number of aryl methyl sites for hydroxylation is 1. The van der Waals surface area contributed by atoms with Crippen molar-refractivity contribution >= 4 is 5.69 Å². The molecule has 0 radical (unpaired) electrons. The van der Waals surface area contributed by atoms with Gasteiger partial charge in [0, 0.05) is 5.69 Å². The van der Waals surface area contributed by atoms with E-state index < -0.39 is 0 Å². The number of nitrogens with one attached hydrogen (secondary N) is 1. The fraction of sp³-hybridized carbons (Fsp3) is 0.333. The SMILES string of the molecule is Cc1noc(-c2ccccc2NCC2CCC=CO2)n1. The molecular formula is C15H17N3O2. The number of benzene rings is 1. The molecule has 1 aromatic carbocycles. The maximum atomic E-state index is 5.55. The summed E-state index contributed by atoms with van der Waals surface area (Å²) in [5.41, 5.74) is 1.90. The summed E-state index contributed by atoms with van der Waals surface area (Å²) in [5, 5.41) is 7.24. The van der Waals surface area contributed by atoms with E-state index in [0.29, 0.717) is 11.7 Å². The minimum absolute atomic E-state index is 0.206. The van der Waals surface area contributed by atoms with Crippen LogP contribution in [0.15, 0.2) is 41.1 Å². The summed E-state index contributed by atoms with van der Waals surface area (Å²) in [6.07, 6.45) is 6.13. The number of ether oxygens (including phenoxy) is 1. The number of aromatic nitrogens is 2. The molecule has 2 aromatic rings. The number of nitrogens with zero attached hydrogens (tertiary/aromatic N) is 2. The molecule has 20 heavy (non-hydrogen) atoms. The van der Waals surface area contributed by atoms with E-state index >= 15 is 0 Å². The van der Waals surface area contributed by atoms with Crippen LogP contribution in [0, 0.1) is 6.92 Å². The summed E-state index contributed by atoms with van der Waals surface area (Å²) >= 11 is 0. The van der Waals surface area contributed by atoms with Gasteiger partial charge in [0.1, 0.15) is 6.10 Å². The molecule has 5 heteroatoms. The van der Waals surface area contributed by atoms with Crippen molar-refractivity contribution in [3.05, 3.63) is 42.4 Å². The first-order chi connectivity index (χ1) is 9.83. The summed E-state index contributed by atoms with van der Waals surface area (Å²) < 4.78 is 10.8. The van der Waals surface area contributed by atoms with Gasteiger partial charge in [0.25, 0.3) is 5.89 Å². The van der Waals surface area contributed by atoms with Crippen LogP contribution in [-0.4, -0.2) is 22.8 Å². The second-order valence-electron chi connectivity index (χ2n) is 4.78. The Balaban J connectivity index is 1.74. The number of rotatable bonds is 4. The predicted octanol–water partition coefficient (Wildman–Crippen LogP) is 3.15. The first-order valence-electron chi connectivity index (χ1n) is 6.77. The Labute approximate surface area is 117 Å². The second-order valence-corrected chi connectivity index (χ2v) is 4.78. The van der Waals surface area contributed by atoms with E-state index in [4.69, 9.17) is 9.26 Å². The van der Waals surface area contributed by atoms with Gasteiger partial charge in [-0.2, -0.15) is 4.98 Å². The van der Waals surface area contributed by atoms with Crippen LogP contribution in [0.1, 0.15) is 18.7 Å². The Kier molecular flexibility index (Phi) is 3.67. The van der Waals surface area contributed by atoms with E-state index in [1.54, 1.807) is 6.26 Å². The zero-order valence-electron chi connectivity index (χ0n) is 11.4. The van der Waals surface area contributed by atoms with Crippen LogP contribution in [0.25, 0.3) is 11.5 Å². The van der Waals surface area contributed by atoms with Gasteiger partial charge < -0.3 is 14.6 Å². The molecule has 0 saturated carbocycles. The third-order valence-corrected chi connectivity index (χ3v) is 3.23. The number of anilines is 1. The first-order valence-corrected chi connectivity index (χ1v) is 6.77. The largest absolute Gasteiger partial charge is 0.497 e. The molecule has 2 heterocycles. The molecule has 1 aromatic heterocycles. The fourth-order valence-corrected chi connectivity index (χ4v) is 2.19. The van der Waals surface area contributed by atoms with Crippen molar-refractivity contribution in [1.29, 1.82) is 0 Å². The lowest BCUT2D eigenvalue weighted by atomic mass is 10.1. The normalized spacial score (nSPS) is 17.8. The Morgan fingerprint density at radius 3 is 3.00 bits per heavy atom. The number of para-hydroxylation sites is 1. The molecule has 1 unspecified atom stereocenters. The Morgan fingerprint density at radius 2 is 2.25 bits per heavy atom. The van der Waals surface area contributed by atoms with Gasteiger partial charge >= 0.3 is 0 Å². The van der Waals surface area contributed by atoms with Crippen molar-refractivity contribution in [3.8, 4) is 11.5 Å². The smallest absolute Gasteiger partial charge is 0.260 e. The minimum atomic E-state index is 0.206. The maximum Gasteiger partial charge on any atom is 0.260 e. The van der Waals surface area contributed by atoms with Gasteiger partial charge in [0.2, 0.25) is 0 Å². The molecule has 1 aliphatic rings. The summed E-state index contributed by atoms with van der Waals surface area (Å²) in [7, 11) is 0. The molecule has 5 nitrogen and oxygen atoms in total. The quantitative estimate of drug-likeness (QED) is 0.925. The van der Waals surface area contributed by atoms with E-state index in [0.717, 1.165) is 30.6 Å². The van der Waals surface area contributed by atoms with Crippen molar-refractivity contribution < 1.29 is 9.26 Å². The topological polar surface area (TPSA) is 60.2 Å². The highest BCUT2D eigenvalue weighted by molar-refractivity contribution is 5.72. The molecule has 0 fully saturated rings. The van der Waals surface area contributed by atoms with Crippen molar-refractivity contribution in [3.63, 3.8) is 0 Å². The van der Waals surface area contributed by atoms with Crippen LogP contribution in [-0.2, 0) is 4.74 Å². The molecule has 1 N–H and O–H groups in total. The number of allylic oxidation sites excluding steroid dienone is 1. The molecule has 0 aliphatic carbocycles. The Hall–Kier alpha value is -2.30. The van der Waals surface area contributed by atoms with Crippen LogP contribution in [0.2, 0.25) is 0 Å². The molecular weight excluding hydrogens is 254 g/mol. The summed E-state index contributed by atoms with van der Waals surface area (Å²) in [4.78, 5) is 4.28. The lowest BCUT2D eigenvalue weighted by molar-refractivity contribution is 0.135. The van der Waals surface area contributed by atoms with Gasteiger partial charge in [-0.25, -0.2) is 0 Å². The predicted molar refractivity (Wildman–Crippen MR) is 76.2 cm³/mol. The van der Waals surface area contributed by atoms with Gasteiger partial charge in [-0.3, -0.25) is 0 Å². The van der Waals surface area contributed by atoms with Crippen molar-refractivity contribution in [2.45, 2.75) is 25.9 Å². The Bertz CT molecular complexity index is 607. The van der Waals surface area contributed by atoms with Crippen molar-refractivity contribution in [2.75, 3.05) is 11.9 Å². The zero-order chi connectivity index (χ0) is 13.8. The summed E-state index contributed by atoms with van der Waals surface area (Å²) in [5.74, 6) is 1.17. The van der Waals surface area contributed by atoms with E-state index in [1.807, 2.05) is 37.3 Å². The molecule has 1 atom stereocenters. The zero-order valence-corrected chi connectivity index (χ0v) is 11.4. The average Bonchev–Trinajstić information content (AvgIpc) is 2.93. The van der Waals surface area contributed by atoms with Crippen molar-refractivity contribution in [1.82, 2.24) is 10.1 Å². The monoisotopic (exact) mass is 271 g/mol. The van der Waals surface area contributed by atoms with Gasteiger partial charge in [0.15, 0.2) is 5.82 Å². The van der Waals surface area contributed by atoms with E-state index in [2.05, 4.69) is 15.5 Å². The van der Waals surface area contributed by atoms with Gasteiger partial charge in [0.05, 0.1) is 18.4 Å². The second kappa shape index (κ2) is 5.77. The number of hydrogen-bond donors (Lipinski definition) is 1. The van der Waals surface area contributed by atoms with Crippen LogP contribution < -0.4 is 5.32 Å². The van der Waals surface area contributed by atoms with E-state index in [-0.39, 0.29) is 6.10 Å². The van der Waals surface area contributed by atoms with Crippen LogP contribution in [0.4, 0.5) is 5.69 Å². The average molecular weight is 271 g/mol. The molecule has 1 aliphatic heterocycles. The molecule has 104 valence electrons. The fourth-order valence-electron chi connectivity index (χ4n) is 2.19. The summed E-state index contributed by atoms with van der Waals surface area (Å²) in [6, 6.07) is 7.92. The summed E-state index contributed by atoms with van der Waals surface area (Å²) in [6.45, 7) is 2.57. The van der Waals surface area contributed by atoms with Crippen LogP contribution >= 0.6 is 0 Å². The third kappa shape index (κ3) is 2.82. The maximum absolute atomic E-state index is 5.55. The standard InChI is InChI=1S/C15H17N3O2/c1-11-17-15(20-18-11)13-7-2-3-8-14(13)16-10-12-6-4-5-9-19-12/h2-3,5,7-9,12,16H,4,6,10H2,1H3. The highest BCUT2D eigenvalue weighted by atomic mass is 16.5. The first kappa shape index (κ1) is 12.7. The lowest BCUT2D eigenvalue weighted by Gasteiger charge is -2.20. The van der Waals surface area contributed by atoms with Gasteiger partial charge in [-0.15, -0.1) is 0 Å². The minimum Gasteiger partial charge on any atom is -0.497 e.